The van der Waals surface area contributed by atoms with Crippen molar-refractivity contribution < 1.29 is 4.79 Å². The molecule has 0 fully saturated rings. The van der Waals surface area contributed by atoms with Crippen molar-refractivity contribution in [2.45, 2.75) is 26.4 Å². The first kappa shape index (κ1) is 13.7. The highest BCUT2D eigenvalue weighted by molar-refractivity contribution is 6.01. The minimum absolute atomic E-state index is 0.0893. The van der Waals surface area contributed by atoms with Gasteiger partial charge in [0.15, 0.2) is 0 Å². The van der Waals surface area contributed by atoms with E-state index in [4.69, 9.17) is 0 Å². The summed E-state index contributed by atoms with van der Waals surface area (Å²) in [6.07, 6.45) is 0.853. The second-order valence-electron chi connectivity index (χ2n) is 5.45. The Kier molecular flexibility index (Phi) is 3.65. The zero-order chi connectivity index (χ0) is 14.8. The monoisotopic (exact) mass is 280 g/mol. The second kappa shape index (κ2) is 5.60. The second-order valence-corrected chi connectivity index (χ2v) is 5.45. The number of para-hydroxylation sites is 1. The fourth-order valence-corrected chi connectivity index (χ4v) is 2.90. The van der Waals surface area contributed by atoms with E-state index in [0.29, 0.717) is 0 Å². The molecule has 1 N–H and O–H groups in total. The highest BCUT2D eigenvalue weighted by atomic mass is 16.2. The number of amides is 1. The van der Waals surface area contributed by atoms with Gasteiger partial charge in [0.1, 0.15) is 6.17 Å². The lowest BCUT2D eigenvalue weighted by atomic mass is 10.00. The molecule has 0 saturated heterocycles. The number of nitrogens with zero attached hydrogens (tertiary/aromatic N) is 1. The molecule has 0 unspecified atom stereocenters. The molecule has 0 saturated carbocycles. The molecular formula is C18H20N2O. The zero-order valence-corrected chi connectivity index (χ0v) is 12.5. The minimum atomic E-state index is -0.0893. The van der Waals surface area contributed by atoms with Crippen LogP contribution in [-0.4, -0.2) is 17.4 Å². The third-order valence-corrected chi connectivity index (χ3v) is 3.97. The molecule has 1 heterocycles. The maximum atomic E-state index is 12.8. The number of anilines is 1. The molecule has 108 valence electrons. The zero-order valence-electron chi connectivity index (χ0n) is 12.5. The number of nitrogens with one attached hydrogen (secondary N) is 1. The highest BCUT2D eigenvalue weighted by Crippen LogP contribution is 2.34. The maximum absolute atomic E-state index is 12.8. The SMILES string of the molecule is CCCN1C(=O)c2ccccc2N[C@@H]1c1ccccc1C. The molecule has 3 heteroatoms. The summed E-state index contributed by atoms with van der Waals surface area (Å²) in [4.78, 5) is 14.7. The van der Waals surface area contributed by atoms with E-state index in [1.807, 2.05) is 41.3 Å². The number of rotatable bonds is 3. The molecule has 3 rings (SSSR count). The Morgan fingerprint density at radius 1 is 1.10 bits per heavy atom. The van der Waals surface area contributed by atoms with Crippen molar-refractivity contribution in [1.82, 2.24) is 4.90 Å². The Morgan fingerprint density at radius 3 is 2.57 bits per heavy atom. The molecule has 2 aromatic rings. The summed E-state index contributed by atoms with van der Waals surface area (Å²) in [5.74, 6) is 0.111. The first-order valence-corrected chi connectivity index (χ1v) is 7.44. The topological polar surface area (TPSA) is 32.3 Å². The first-order valence-electron chi connectivity index (χ1n) is 7.44. The van der Waals surface area contributed by atoms with E-state index < -0.39 is 0 Å². The van der Waals surface area contributed by atoms with Crippen LogP contribution < -0.4 is 5.32 Å². The van der Waals surface area contributed by atoms with Gasteiger partial charge in [-0.2, -0.15) is 0 Å². The van der Waals surface area contributed by atoms with Crippen molar-refractivity contribution in [3.8, 4) is 0 Å². The summed E-state index contributed by atoms with van der Waals surface area (Å²) in [5, 5.41) is 3.52. The number of hydrogen-bond acceptors (Lipinski definition) is 2. The van der Waals surface area contributed by atoms with Gasteiger partial charge in [-0.1, -0.05) is 43.3 Å². The molecule has 1 atom stereocenters. The highest BCUT2D eigenvalue weighted by Gasteiger charge is 2.32. The summed E-state index contributed by atoms with van der Waals surface area (Å²) >= 11 is 0. The van der Waals surface area contributed by atoms with E-state index in [0.717, 1.165) is 29.8 Å². The maximum Gasteiger partial charge on any atom is 0.257 e. The van der Waals surface area contributed by atoms with Gasteiger partial charge in [0.05, 0.1) is 5.56 Å². The molecule has 2 aromatic carbocycles. The summed E-state index contributed by atoms with van der Waals surface area (Å²) in [7, 11) is 0. The van der Waals surface area contributed by atoms with Crippen LogP contribution in [0.15, 0.2) is 48.5 Å². The van der Waals surface area contributed by atoms with Gasteiger partial charge in [-0.3, -0.25) is 4.79 Å². The lowest BCUT2D eigenvalue weighted by Gasteiger charge is -2.38. The molecule has 0 aliphatic carbocycles. The molecular weight excluding hydrogens is 260 g/mol. The third kappa shape index (κ3) is 2.40. The Labute approximate surface area is 125 Å². The first-order chi connectivity index (χ1) is 10.2. The van der Waals surface area contributed by atoms with Crippen LogP contribution in [0.4, 0.5) is 5.69 Å². The number of benzene rings is 2. The van der Waals surface area contributed by atoms with Gasteiger partial charge in [0.25, 0.3) is 5.91 Å². The van der Waals surface area contributed by atoms with Crippen molar-refractivity contribution >= 4 is 11.6 Å². The van der Waals surface area contributed by atoms with Gasteiger partial charge >= 0.3 is 0 Å². The summed E-state index contributed by atoms with van der Waals surface area (Å²) in [6, 6.07) is 16.0. The van der Waals surface area contributed by atoms with Crippen LogP contribution in [-0.2, 0) is 0 Å². The summed E-state index contributed by atoms with van der Waals surface area (Å²) < 4.78 is 0. The summed E-state index contributed by atoms with van der Waals surface area (Å²) in [5.41, 5.74) is 4.04. The minimum Gasteiger partial charge on any atom is -0.361 e. The van der Waals surface area contributed by atoms with Crippen LogP contribution in [0.2, 0.25) is 0 Å². The molecule has 1 aliphatic heterocycles. The standard InChI is InChI=1S/C18H20N2O/c1-3-12-20-17(14-9-5-4-8-13(14)2)19-16-11-7-6-10-15(16)18(20)21/h4-11,17,19H,3,12H2,1-2H3/t17-/m0/s1. The van der Waals surface area contributed by atoms with E-state index in [-0.39, 0.29) is 12.1 Å². The van der Waals surface area contributed by atoms with E-state index >= 15 is 0 Å². The Hall–Kier alpha value is -2.29. The van der Waals surface area contributed by atoms with Gasteiger partial charge in [-0.25, -0.2) is 0 Å². The Bertz CT molecular complexity index is 666. The number of aryl methyl sites for hydroxylation is 1. The van der Waals surface area contributed by atoms with Crippen LogP contribution in [0.5, 0.6) is 0 Å². The number of fused-ring (bicyclic) bond motifs is 1. The fourth-order valence-electron chi connectivity index (χ4n) is 2.90. The molecule has 3 nitrogen and oxygen atoms in total. The van der Waals surface area contributed by atoms with Gasteiger partial charge in [0.2, 0.25) is 0 Å². The van der Waals surface area contributed by atoms with Gasteiger partial charge in [-0.05, 0) is 36.6 Å². The Balaban J connectivity index is 2.07. The van der Waals surface area contributed by atoms with Crippen molar-refractivity contribution in [1.29, 1.82) is 0 Å². The summed E-state index contributed by atoms with van der Waals surface area (Å²) in [6.45, 7) is 4.94. The third-order valence-electron chi connectivity index (χ3n) is 3.97. The predicted molar refractivity (Wildman–Crippen MR) is 85.3 cm³/mol. The van der Waals surface area contributed by atoms with Crippen molar-refractivity contribution in [3.63, 3.8) is 0 Å². The smallest absolute Gasteiger partial charge is 0.257 e. The normalized spacial score (nSPS) is 17.3. The molecule has 1 amide bonds. The van der Waals surface area contributed by atoms with Gasteiger partial charge in [0, 0.05) is 12.2 Å². The lowest BCUT2D eigenvalue weighted by molar-refractivity contribution is 0.0683. The largest absolute Gasteiger partial charge is 0.361 e. The molecule has 0 spiro atoms. The van der Waals surface area contributed by atoms with Crippen LogP contribution in [0, 0.1) is 6.92 Å². The molecule has 0 bridgehead atoms. The lowest BCUT2D eigenvalue weighted by Crippen LogP contribution is -2.43. The van der Waals surface area contributed by atoms with E-state index in [9.17, 15) is 4.79 Å². The molecule has 21 heavy (non-hydrogen) atoms. The number of carbonyl (C=O) groups is 1. The average molecular weight is 280 g/mol. The van der Waals surface area contributed by atoms with E-state index in [1.54, 1.807) is 0 Å². The fraction of sp³-hybridized carbons (Fsp3) is 0.278. The molecule has 0 radical (unpaired) electrons. The van der Waals surface area contributed by atoms with Crippen LogP contribution in [0.3, 0.4) is 0 Å². The van der Waals surface area contributed by atoms with Crippen LogP contribution >= 0.6 is 0 Å². The number of carbonyl (C=O) groups excluding carboxylic acids is 1. The van der Waals surface area contributed by atoms with Gasteiger partial charge < -0.3 is 10.2 Å². The van der Waals surface area contributed by atoms with Crippen molar-refractivity contribution in [2.24, 2.45) is 0 Å². The van der Waals surface area contributed by atoms with Crippen molar-refractivity contribution in [2.75, 3.05) is 11.9 Å². The average Bonchev–Trinajstić information content (AvgIpc) is 2.51. The Morgan fingerprint density at radius 2 is 1.81 bits per heavy atom. The molecule has 1 aliphatic rings. The van der Waals surface area contributed by atoms with Gasteiger partial charge in [-0.15, -0.1) is 0 Å². The van der Waals surface area contributed by atoms with Crippen molar-refractivity contribution in [3.05, 3.63) is 65.2 Å². The van der Waals surface area contributed by atoms with Crippen LogP contribution in [0.25, 0.3) is 0 Å². The predicted octanol–water partition coefficient (Wildman–Crippen LogP) is 3.97. The van der Waals surface area contributed by atoms with Crippen LogP contribution in [0.1, 0.15) is 41.0 Å². The van der Waals surface area contributed by atoms with E-state index in [1.165, 1.54) is 5.56 Å². The quantitative estimate of drug-likeness (QED) is 0.922. The van der Waals surface area contributed by atoms with E-state index in [2.05, 4.69) is 31.3 Å². The number of hydrogen-bond donors (Lipinski definition) is 1. The molecule has 0 aromatic heterocycles.